The third kappa shape index (κ3) is 5.98. The molecule has 0 aromatic heterocycles. The van der Waals surface area contributed by atoms with E-state index in [0.717, 1.165) is 58.5 Å². The van der Waals surface area contributed by atoms with Crippen molar-refractivity contribution >= 4 is 39.1 Å². The third-order valence-electron chi connectivity index (χ3n) is 8.53. The lowest BCUT2D eigenvalue weighted by Crippen LogP contribution is -2.44. The number of ketones is 2. The van der Waals surface area contributed by atoms with Gasteiger partial charge in [0.15, 0.2) is 18.2 Å². The molecule has 0 saturated carbocycles. The number of benzene rings is 2. The summed E-state index contributed by atoms with van der Waals surface area (Å²) in [6.45, 7) is 13.2. The molecule has 0 saturated heterocycles. The van der Waals surface area contributed by atoms with Crippen molar-refractivity contribution in [3.8, 4) is 5.75 Å². The van der Waals surface area contributed by atoms with Crippen LogP contribution >= 0.6 is 15.9 Å². The number of anilines is 1. The minimum absolute atomic E-state index is 0.0831. The molecule has 0 fully saturated rings. The number of aryl methyl sites for hydroxylation is 1. The fourth-order valence-corrected chi connectivity index (χ4v) is 7.15. The van der Waals surface area contributed by atoms with Crippen LogP contribution in [0.5, 0.6) is 5.75 Å². The van der Waals surface area contributed by atoms with Crippen LogP contribution in [0.4, 0.5) is 5.69 Å². The maximum atomic E-state index is 14.0. The van der Waals surface area contributed by atoms with Crippen LogP contribution in [0, 0.1) is 17.8 Å². The second-order valence-electron chi connectivity index (χ2n) is 13.5. The number of amides is 1. The number of halogens is 1. The number of ether oxygens (including phenoxy) is 1. The van der Waals surface area contributed by atoms with Crippen molar-refractivity contribution in [1.29, 1.82) is 0 Å². The second-order valence-corrected chi connectivity index (χ2v) is 14.4. The molecule has 2 aliphatic carbocycles. The summed E-state index contributed by atoms with van der Waals surface area (Å²) in [6.07, 6.45) is 3.28. The lowest BCUT2D eigenvalue weighted by Gasteiger charge is -2.49. The van der Waals surface area contributed by atoms with E-state index in [9.17, 15) is 14.4 Å². The highest BCUT2D eigenvalue weighted by Crippen LogP contribution is 2.55. The van der Waals surface area contributed by atoms with Crippen LogP contribution in [0.3, 0.4) is 0 Å². The average molecular weight is 634 g/mol. The van der Waals surface area contributed by atoms with E-state index in [1.54, 1.807) is 0 Å². The third-order valence-corrected chi connectivity index (χ3v) is 9.02. The van der Waals surface area contributed by atoms with Crippen molar-refractivity contribution in [2.75, 3.05) is 18.5 Å². The zero-order valence-corrected chi connectivity index (χ0v) is 27.1. The van der Waals surface area contributed by atoms with Crippen LogP contribution in [0.1, 0.15) is 83.8 Å². The van der Waals surface area contributed by atoms with Gasteiger partial charge in [-0.3, -0.25) is 14.4 Å². The molecule has 1 aliphatic heterocycles. The molecule has 2 aromatic carbocycles. The predicted octanol–water partition coefficient (Wildman–Crippen LogP) is 7.87. The molecule has 6 nitrogen and oxygen atoms in total. The minimum atomic E-state index is -0.540. The summed E-state index contributed by atoms with van der Waals surface area (Å²) >= 11 is 3.63. The Labute approximate surface area is 257 Å². The number of rotatable bonds is 7. The molecule has 3 aliphatic rings. The summed E-state index contributed by atoms with van der Waals surface area (Å²) in [5.41, 5.74) is 5.58. The van der Waals surface area contributed by atoms with Gasteiger partial charge in [0.2, 0.25) is 0 Å². The Bertz CT molecular complexity index is 1460. The number of hydrogen-bond acceptors (Lipinski definition) is 5. The molecule has 222 valence electrons. The van der Waals surface area contributed by atoms with Crippen molar-refractivity contribution < 1.29 is 19.1 Å². The minimum Gasteiger partial charge on any atom is -0.483 e. The van der Waals surface area contributed by atoms with Gasteiger partial charge in [-0.1, -0.05) is 68.7 Å². The van der Waals surface area contributed by atoms with Crippen LogP contribution in [-0.4, -0.2) is 35.5 Å². The molecular weight excluding hydrogens is 592 g/mol. The number of hydrogen-bond donors (Lipinski definition) is 1. The van der Waals surface area contributed by atoms with E-state index in [4.69, 9.17) is 4.74 Å². The molecule has 1 amide bonds. The van der Waals surface area contributed by atoms with Crippen LogP contribution in [-0.2, 0) is 14.4 Å². The molecule has 5 rings (SSSR count). The van der Waals surface area contributed by atoms with E-state index in [2.05, 4.69) is 60.8 Å². The number of carbonyl (C=O) groups is 3. The molecule has 0 bridgehead atoms. The van der Waals surface area contributed by atoms with E-state index in [1.807, 2.05) is 49.4 Å². The van der Waals surface area contributed by atoms with Crippen molar-refractivity contribution in [3.63, 3.8) is 0 Å². The lowest BCUT2D eigenvalue weighted by atomic mass is 9.63. The van der Waals surface area contributed by atoms with E-state index in [-0.39, 0.29) is 34.9 Å². The van der Waals surface area contributed by atoms with Crippen molar-refractivity contribution in [1.82, 2.24) is 4.90 Å². The quantitative estimate of drug-likeness (QED) is 0.336. The number of Topliss-reactive ketones (excluding diaryl/α,β-unsaturated/α-hetero) is 2. The normalized spacial score (nSPS) is 19.9. The SMILES string of the molecule is CCCN1C2=C(C(=O)CC(C)(C)C2)C(c2cc(Br)ccc2OCC(=O)Nc2ccccc2C)C2=C1CC(C)(C)CC2=O. The van der Waals surface area contributed by atoms with Gasteiger partial charge in [-0.25, -0.2) is 0 Å². The maximum absolute atomic E-state index is 14.0. The Hall–Kier alpha value is -3.19. The van der Waals surface area contributed by atoms with Gasteiger partial charge in [0.05, 0.1) is 0 Å². The molecular formula is C35H41BrN2O4. The fraction of sp³-hybridized carbons (Fsp3) is 0.457. The molecule has 0 unspecified atom stereocenters. The number of nitrogens with zero attached hydrogens (tertiary/aromatic N) is 1. The van der Waals surface area contributed by atoms with Crippen LogP contribution in [0.15, 0.2) is 69.5 Å². The molecule has 7 heteroatoms. The first-order chi connectivity index (χ1) is 19.8. The second kappa shape index (κ2) is 11.5. The van der Waals surface area contributed by atoms with Gasteiger partial charge < -0.3 is 15.0 Å². The van der Waals surface area contributed by atoms with Crippen LogP contribution in [0.25, 0.3) is 0 Å². The number of nitrogens with one attached hydrogen (secondary N) is 1. The monoisotopic (exact) mass is 632 g/mol. The molecule has 1 N–H and O–H groups in total. The van der Waals surface area contributed by atoms with Gasteiger partial charge in [0.25, 0.3) is 5.91 Å². The highest BCUT2D eigenvalue weighted by atomic mass is 79.9. The Kier molecular flexibility index (Phi) is 8.27. The maximum Gasteiger partial charge on any atom is 0.262 e. The first kappa shape index (κ1) is 30.3. The number of carbonyl (C=O) groups excluding carboxylic acids is 3. The summed E-state index contributed by atoms with van der Waals surface area (Å²) in [6, 6.07) is 13.2. The molecule has 42 heavy (non-hydrogen) atoms. The number of allylic oxidation sites excluding steroid dienone is 4. The Morgan fingerprint density at radius 3 is 2.12 bits per heavy atom. The molecule has 1 heterocycles. The molecule has 0 radical (unpaired) electrons. The van der Waals surface area contributed by atoms with Gasteiger partial charge >= 0.3 is 0 Å². The number of para-hydroxylation sites is 1. The van der Waals surface area contributed by atoms with E-state index < -0.39 is 5.92 Å². The zero-order chi connectivity index (χ0) is 30.4. The standard InChI is InChI=1S/C35H41BrN2O4/c1-7-14-38-25-16-34(3,4)18-27(39)32(25)31(33-26(38)17-35(5,6)19-28(33)40)23-15-22(36)12-13-29(23)42-20-30(41)37-24-11-9-8-10-21(24)2/h8-13,15,31H,7,14,16-20H2,1-6H3,(H,37,41). The summed E-state index contributed by atoms with van der Waals surface area (Å²) in [7, 11) is 0. The van der Waals surface area contributed by atoms with E-state index >= 15 is 0 Å². The first-order valence-electron chi connectivity index (χ1n) is 14.9. The van der Waals surface area contributed by atoms with Gasteiger partial charge in [-0.05, 0) is 66.8 Å². The van der Waals surface area contributed by atoms with Crippen LogP contribution in [0.2, 0.25) is 0 Å². The largest absolute Gasteiger partial charge is 0.483 e. The van der Waals surface area contributed by atoms with Crippen molar-refractivity contribution in [2.24, 2.45) is 10.8 Å². The zero-order valence-electron chi connectivity index (χ0n) is 25.5. The molecule has 2 aromatic rings. The fourth-order valence-electron chi connectivity index (χ4n) is 6.77. The van der Waals surface area contributed by atoms with E-state index in [1.165, 1.54) is 0 Å². The Morgan fingerprint density at radius 1 is 0.952 bits per heavy atom. The van der Waals surface area contributed by atoms with Crippen molar-refractivity contribution in [2.45, 2.75) is 79.6 Å². The molecule has 0 spiro atoms. The predicted molar refractivity (Wildman–Crippen MR) is 169 cm³/mol. The van der Waals surface area contributed by atoms with Gasteiger partial charge in [0, 0.05) is 63.6 Å². The van der Waals surface area contributed by atoms with Crippen molar-refractivity contribution in [3.05, 3.63) is 80.6 Å². The summed E-state index contributed by atoms with van der Waals surface area (Å²) < 4.78 is 7.01. The Morgan fingerprint density at radius 2 is 1.55 bits per heavy atom. The van der Waals surface area contributed by atoms with Crippen LogP contribution < -0.4 is 10.1 Å². The Balaban J connectivity index is 1.61. The summed E-state index contributed by atoms with van der Waals surface area (Å²) in [5, 5.41) is 2.93. The summed E-state index contributed by atoms with van der Waals surface area (Å²) in [5.74, 6) is -0.149. The topological polar surface area (TPSA) is 75.7 Å². The summed E-state index contributed by atoms with van der Waals surface area (Å²) in [4.78, 5) is 43.3. The molecule has 0 atom stereocenters. The first-order valence-corrected chi connectivity index (χ1v) is 15.7. The lowest BCUT2D eigenvalue weighted by molar-refractivity contribution is -0.120. The van der Waals surface area contributed by atoms with Gasteiger partial charge in [-0.2, -0.15) is 0 Å². The highest BCUT2D eigenvalue weighted by Gasteiger charge is 2.49. The van der Waals surface area contributed by atoms with Gasteiger partial charge in [-0.15, -0.1) is 0 Å². The highest BCUT2D eigenvalue weighted by molar-refractivity contribution is 9.10. The smallest absolute Gasteiger partial charge is 0.262 e. The average Bonchev–Trinajstić information content (AvgIpc) is 2.88. The van der Waals surface area contributed by atoms with E-state index in [0.29, 0.717) is 29.7 Å². The van der Waals surface area contributed by atoms with Gasteiger partial charge in [0.1, 0.15) is 5.75 Å².